The second kappa shape index (κ2) is 12.8. The molecule has 0 radical (unpaired) electrons. The molecule has 4 heterocycles. The summed E-state index contributed by atoms with van der Waals surface area (Å²) in [5.74, 6) is -4.27. The molecule has 3 aliphatic rings. The lowest BCUT2D eigenvalue weighted by Gasteiger charge is -2.44. The molecule has 2 aromatic rings. The highest BCUT2D eigenvalue weighted by Gasteiger charge is 2.48. The molecule has 2 saturated heterocycles. The summed E-state index contributed by atoms with van der Waals surface area (Å²) in [5.41, 5.74) is 0.837. The summed E-state index contributed by atoms with van der Waals surface area (Å²) in [6.07, 6.45) is -0.741. The number of ether oxygens (including phenoxy) is 2. The van der Waals surface area contributed by atoms with Gasteiger partial charge in [-0.25, -0.2) is 30.6 Å². The highest BCUT2D eigenvalue weighted by atomic mass is 32.2. The molecule has 0 saturated carbocycles. The number of aliphatic hydroxyl groups is 2. The van der Waals surface area contributed by atoms with E-state index in [1.165, 1.54) is 22.3 Å². The van der Waals surface area contributed by atoms with E-state index in [-0.39, 0.29) is 23.3 Å². The maximum atomic E-state index is 13.8. The summed E-state index contributed by atoms with van der Waals surface area (Å²) in [7, 11) is -1.89. The van der Waals surface area contributed by atoms with Crippen LogP contribution in [0.4, 0.5) is 13.2 Å². The van der Waals surface area contributed by atoms with Crippen molar-refractivity contribution in [1.29, 1.82) is 0 Å². The van der Waals surface area contributed by atoms with Crippen molar-refractivity contribution in [3.8, 4) is 11.3 Å². The lowest BCUT2D eigenvalue weighted by atomic mass is 9.87. The van der Waals surface area contributed by atoms with Crippen molar-refractivity contribution in [2.24, 2.45) is 11.1 Å². The number of oxime groups is 1. The van der Waals surface area contributed by atoms with Gasteiger partial charge in [-0.05, 0) is 38.8 Å². The molecule has 5 rings (SSSR count). The zero-order chi connectivity index (χ0) is 31.1. The van der Waals surface area contributed by atoms with Gasteiger partial charge in [-0.15, -0.1) is 5.10 Å². The van der Waals surface area contributed by atoms with E-state index in [0.717, 1.165) is 17.8 Å². The molecule has 2 fully saturated rings. The van der Waals surface area contributed by atoms with Gasteiger partial charge in [-0.2, -0.15) is 0 Å². The average Bonchev–Trinajstić information content (AvgIpc) is 3.66. The minimum atomic E-state index is -3.32. The van der Waals surface area contributed by atoms with E-state index in [0.29, 0.717) is 38.8 Å². The van der Waals surface area contributed by atoms with Crippen molar-refractivity contribution in [3.05, 3.63) is 35.8 Å². The first-order chi connectivity index (χ1) is 20.4. The number of aliphatic hydroxyl groups excluding tert-OH is 2. The van der Waals surface area contributed by atoms with Gasteiger partial charge in [-0.3, -0.25) is 0 Å². The van der Waals surface area contributed by atoms with E-state index in [9.17, 15) is 31.8 Å². The van der Waals surface area contributed by atoms with E-state index >= 15 is 0 Å². The molecule has 0 spiro atoms. The van der Waals surface area contributed by atoms with Gasteiger partial charge in [-0.1, -0.05) is 10.4 Å². The van der Waals surface area contributed by atoms with Gasteiger partial charge in [0.1, 0.15) is 36.2 Å². The number of benzene rings is 1. The van der Waals surface area contributed by atoms with Crippen molar-refractivity contribution in [3.63, 3.8) is 0 Å². The minimum absolute atomic E-state index is 0.0350. The zero-order valence-corrected chi connectivity index (χ0v) is 24.8. The molecule has 0 bridgehead atoms. The van der Waals surface area contributed by atoms with Crippen LogP contribution in [0.1, 0.15) is 45.6 Å². The second-order valence-electron chi connectivity index (χ2n) is 11.4. The van der Waals surface area contributed by atoms with Gasteiger partial charge < -0.3 is 24.5 Å². The quantitative estimate of drug-likeness (QED) is 0.397. The maximum Gasteiger partial charge on any atom is 0.216 e. The molecule has 1 unspecified atom stereocenters. The highest BCUT2D eigenvalue weighted by molar-refractivity contribution is 7.89. The molecule has 43 heavy (non-hydrogen) atoms. The Morgan fingerprint density at radius 3 is 2.42 bits per heavy atom. The van der Waals surface area contributed by atoms with Crippen LogP contribution in [0.25, 0.3) is 11.3 Å². The molecule has 0 aliphatic carbocycles. The van der Waals surface area contributed by atoms with Crippen LogP contribution in [0.2, 0.25) is 0 Å². The van der Waals surface area contributed by atoms with Crippen LogP contribution in [0.15, 0.2) is 23.5 Å². The van der Waals surface area contributed by atoms with Gasteiger partial charge in [0.2, 0.25) is 10.0 Å². The summed E-state index contributed by atoms with van der Waals surface area (Å²) < 4.78 is 80.7. The van der Waals surface area contributed by atoms with Crippen molar-refractivity contribution in [2.45, 2.75) is 81.3 Å². The van der Waals surface area contributed by atoms with Gasteiger partial charge in [0.15, 0.2) is 17.5 Å². The molecule has 12 nitrogen and oxygen atoms in total. The third-order valence-corrected chi connectivity index (χ3v) is 10.7. The van der Waals surface area contributed by atoms with E-state index in [4.69, 9.17) is 14.3 Å². The molecule has 0 amide bonds. The van der Waals surface area contributed by atoms with Crippen LogP contribution in [-0.2, 0) is 24.3 Å². The molecular weight excluding hydrogens is 595 g/mol. The Morgan fingerprint density at radius 1 is 1.14 bits per heavy atom. The number of aromatic nitrogens is 3. The Hall–Kier alpha value is -2.63. The van der Waals surface area contributed by atoms with E-state index in [1.807, 2.05) is 0 Å². The second-order valence-corrected chi connectivity index (χ2v) is 13.9. The van der Waals surface area contributed by atoms with Gasteiger partial charge >= 0.3 is 0 Å². The summed E-state index contributed by atoms with van der Waals surface area (Å²) in [4.78, 5) is 5.74. The molecule has 2 N–H and O–H groups in total. The summed E-state index contributed by atoms with van der Waals surface area (Å²) >= 11 is 0. The Bertz CT molecular complexity index is 1410. The molecule has 6 atom stereocenters. The maximum absolute atomic E-state index is 13.8. The van der Waals surface area contributed by atoms with Crippen LogP contribution in [-0.4, -0.2) is 106 Å². The van der Waals surface area contributed by atoms with Crippen LogP contribution >= 0.6 is 0 Å². The van der Waals surface area contributed by atoms with Crippen molar-refractivity contribution < 1.29 is 46.1 Å². The molecule has 1 aromatic carbocycles. The van der Waals surface area contributed by atoms with E-state index in [2.05, 4.69) is 15.5 Å². The molecule has 16 heteroatoms. The molecule has 238 valence electrons. The smallest absolute Gasteiger partial charge is 0.216 e. The molecular formula is C27H36F3N5O7S. The Kier molecular flexibility index (Phi) is 9.44. The summed E-state index contributed by atoms with van der Waals surface area (Å²) in [6.45, 7) is 3.66. The van der Waals surface area contributed by atoms with Crippen LogP contribution in [0.3, 0.4) is 0 Å². The predicted octanol–water partition coefficient (Wildman–Crippen LogP) is 2.02. The minimum Gasteiger partial charge on any atom is -0.394 e. The predicted molar refractivity (Wildman–Crippen MR) is 147 cm³/mol. The fourth-order valence-electron chi connectivity index (χ4n) is 6.03. The third kappa shape index (κ3) is 6.31. The number of methoxy groups -OCH3 is 1. The number of piperidine rings is 1. The number of rotatable bonds is 9. The van der Waals surface area contributed by atoms with Crippen LogP contribution in [0.5, 0.6) is 0 Å². The van der Waals surface area contributed by atoms with Gasteiger partial charge in [0, 0.05) is 44.5 Å². The number of nitrogens with zero attached hydrogens (tertiary/aromatic N) is 5. The first kappa shape index (κ1) is 31.8. The number of hydrogen-bond acceptors (Lipinski definition) is 10. The highest BCUT2D eigenvalue weighted by Crippen LogP contribution is 2.36. The average molecular weight is 632 g/mol. The normalized spacial score (nSPS) is 29.2. The summed E-state index contributed by atoms with van der Waals surface area (Å²) in [5, 5.41) is 32.9. The standard InChI is InChI=1S/C27H36F3N5O7S/c1-14(2)43(38,39)34-6-4-15(5-7-34)20-10-17(42-32-20)11-22-27(40-3)25(26(37)23(13-36)41-22)35-12-21(31-33-35)16-8-18(28)24(30)19(29)9-16/h8-9,12,14-15,17,22-23,25-27,36-37H,4-7,10-11,13H2,1-3H3/t17?,22-,23-,25+,26+,27+/m1/s1. The molecule has 3 aliphatic heterocycles. The van der Waals surface area contributed by atoms with E-state index in [1.54, 1.807) is 13.8 Å². The largest absolute Gasteiger partial charge is 0.394 e. The van der Waals surface area contributed by atoms with Crippen LogP contribution in [0, 0.1) is 23.4 Å². The van der Waals surface area contributed by atoms with Gasteiger partial charge in [0.25, 0.3) is 0 Å². The van der Waals surface area contributed by atoms with Gasteiger partial charge in [0.05, 0.1) is 29.9 Å². The first-order valence-electron chi connectivity index (χ1n) is 14.2. The van der Waals surface area contributed by atoms with E-state index < -0.39 is 69.8 Å². The Morgan fingerprint density at radius 2 is 1.81 bits per heavy atom. The summed E-state index contributed by atoms with van der Waals surface area (Å²) in [6, 6.07) is 0.677. The number of hydrogen-bond donors (Lipinski definition) is 2. The Balaban J connectivity index is 1.27. The fraction of sp³-hybridized carbons (Fsp3) is 0.667. The van der Waals surface area contributed by atoms with Crippen LogP contribution < -0.4 is 0 Å². The zero-order valence-electron chi connectivity index (χ0n) is 24.0. The lowest BCUT2D eigenvalue weighted by Crippen LogP contribution is -2.57. The number of halogens is 3. The third-order valence-electron chi connectivity index (χ3n) is 8.46. The van der Waals surface area contributed by atoms with Crippen molar-refractivity contribution in [1.82, 2.24) is 19.3 Å². The number of sulfonamides is 1. The Labute approximate surface area is 247 Å². The SMILES string of the molecule is CO[C@@H]1[C@@H](n2cc(-c3cc(F)c(F)c(F)c3)nn2)[C@@H](O)[C@@H](CO)O[C@@H]1CC1CC(C2CCN(S(=O)(=O)C(C)C)CC2)=NO1. The lowest BCUT2D eigenvalue weighted by molar-refractivity contribution is -0.219. The monoisotopic (exact) mass is 631 g/mol. The topological polar surface area (TPSA) is 149 Å². The molecule has 1 aromatic heterocycles. The van der Waals surface area contributed by atoms with Crippen molar-refractivity contribution in [2.75, 3.05) is 26.8 Å². The fourth-order valence-corrected chi connectivity index (χ4v) is 7.35. The van der Waals surface area contributed by atoms with Crippen molar-refractivity contribution >= 4 is 15.7 Å². The first-order valence-corrected chi connectivity index (χ1v) is 15.7.